The van der Waals surface area contributed by atoms with Crippen molar-refractivity contribution in [3.63, 3.8) is 0 Å². The summed E-state index contributed by atoms with van der Waals surface area (Å²) in [5, 5.41) is 0. The summed E-state index contributed by atoms with van der Waals surface area (Å²) in [4.78, 5) is 19.9. The van der Waals surface area contributed by atoms with E-state index < -0.39 is 0 Å². The zero-order chi connectivity index (χ0) is 9.94. The third-order valence-corrected chi connectivity index (χ3v) is 1.39. The Labute approximate surface area is 79.7 Å². The number of hydrogen-bond acceptors (Lipinski definition) is 3. The lowest BCUT2D eigenvalue weighted by Crippen LogP contribution is -2.04. The number of rotatable bonds is 7. The van der Waals surface area contributed by atoms with E-state index in [1.807, 2.05) is 19.1 Å². The quantitative estimate of drug-likeness (QED) is 0.265. The van der Waals surface area contributed by atoms with E-state index in [1.165, 1.54) is 0 Å². The molecule has 0 N–H and O–H groups in total. The zero-order valence-electron chi connectivity index (χ0n) is 8.41. The normalized spacial score (nSPS) is 10.6. The SMILES string of the molecule is CCC/C=C/COOC(=O)CCC. The van der Waals surface area contributed by atoms with E-state index in [0.717, 1.165) is 19.3 Å². The molecule has 76 valence electrons. The Balaban J connectivity index is 3.20. The van der Waals surface area contributed by atoms with Crippen LogP contribution in [0.15, 0.2) is 12.2 Å². The molecule has 0 bridgehead atoms. The summed E-state index contributed by atoms with van der Waals surface area (Å²) in [7, 11) is 0. The van der Waals surface area contributed by atoms with E-state index in [-0.39, 0.29) is 5.97 Å². The first-order valence-electron chi connectivity index (χ1n) is 4.78. The second-order valence-electron chi connectivity index (χ2n) is 2.75. The van der Waals surface area contributed by atoms with Crippen LogP contribution < -0.4 is 0 Å². The summed E-state index contributed by atoms with van der Waals surface area (Å²) in [6.07, 6.45) is 7.21. The van der Waals surface area contributed by atoms with Crippen LogP contribution in [0.4, 0.5) is 0 Å². The molecular formula is C10H18O3. The molecule has 0 aliphatic heterocycles. The van der Waals surface area contributed by atoms with Crippen LogP contribution in [0.3, 0.4) is 0 Å². The molecule has 0 aliphatic carbocycles. The third kappa shape index (κ3) is 9.08. The van der Waals surface area contributed by atoms with Crippen molar-refractivity contribution in [1.29, 1.82) is 0 Å². The minimum Gasteiger partial charge on any atom is -0.298 e. The summed E-state index contributed by atoms with van der Waals surface area (Å²) < 4.78 is 0. The van der Waals surface area contributed by atoms with Gasteiger partial charge in [-0.25, -0.2) is 4.79 Å². The van der Waals surface area contributed by atoms with Crippen LogP contribution in [0.5, 0.6) is 0 Å². The summed E-state index contributed by atoms with van der Waals surface area (Å²) in [5.41, 5.74) is 0. The molecular weight excluding hydrogens is 168 g/mol. The molecule has 0 spiro atoms. The maximum Gasteiger partial charge on any atom is 0.342 e. The van der Waals surface area contributed by atoms with E-state index in [2.05, 4.69) is 16.7 Å². The minimum atomic E-state index is -0.300. The van der Waals surface area contributed by atoms with Crippen LogP contribution in [-0.4, -0.2) is 12.6 Å². The molecule has 0 rings (SSSR count). The average Bonchev–Trinajstić information content (AvgIpc) is 2.11. The highest BCUT2D eigenvalue weighted by Gasteiger charge is 1.99. The number of unbranched alkanes of at least 4 members (excludes halogenated alkanes) is 1. The third-order valence-electron chi connectivity index (χ3n) is 1.39. The van der Waals surface area contributed by atoms with Crippen LogP contribution in [0.25, 0.3) is 0 Å². The van der Waals surface area contributed by atoms with Crippen molar-refractivity contribution in [3.8, 4) is 0 Å². The van der Waals surface area contributed by atoms with Gasteiger partial charge in [0.05, 0.1) is 0 Å². The highest BCUT2D eigenvalue weighted by Crippen LogP contribution is 1.93. The van der Waals surface area contributed by atoms with Gasteiger partial charge in [0.1, 0.15) is 6.61 Å². The van der Waals surface area contributed by atoms with Gasteiger partial charge in [0.15, 0.2) is 0 Å². The van der Waals surface area contributed by atoms with Gasteiger partial charge < -0.3 is 0 Å². The fourth-order valence-corrected chi connectivity index (χ4v) is 0.737. The minimum absolute atomic E-state index is 0.300. The van der Waals surface area contributed by atoms with E-state index in [1.54, 1.807) is 0 Å². The molecule has 0 radical (unpaired) electrons. The van der Waals surface area contributed by atoms with Gasteiger partial charge in [-0.15, -0.1) is 0 Å². The fraction of sp³-hybridized carbons (Fsp3) is 0.700. The lowest BCUT2D eigenvalue weighted by molar-refractivity contribution is -0.265. The van der Waals surface area contributed by atoms with E-state index in [9.17, 15) is 4.79 Å². The van der Waals surface area contributed by atoms with E-state index >= 15 is 0 Å². The maximum atomic E-state index is 10.8. The zero-order valence-corrected chi connectivity index (χ0v) is 8.41. The molecule has 3 heteroatoms. The molecule has 0 aromatic carbocycles. The Kier molecular flexibility index (Phi) is 8.67. The van der Waals surface area contributed by atoms with Gasteiger partial charge in [-0.1, -0.05) is 32.4 Å². The maximum absolute atomic E-state index is 10.8. The Hall–Kier alpha value is -0.830. The topological polar surface area (TPSA) is 35.5 Å². The van der Waals surface area contributed by atoms with Crippen molar-refractivity contribution in [3.05, 3.63) is 12.2 Å². The van der Waals surface area contributed by atoms with Crippen LogP contribution in [0.2, 0.25) is 0 Å². The first-order chi connectivity index (χ1) is 6.31. The molecule has 13 heavy (non-hydrogen) atoms. The Morgan fingerprint density at radius 1 is 1.23 bits per heavy atom. The van der Waals surface area contributed by atoms with Crippen molar-refractivity contribution in [2.45, 2.75) is 39.5 Å². The van der Waals surface area contributed by atoms with Crippen molar-refractivity contribution in [1.82, 2.24) is 0 Å². The number of hydrogen-bond donors (Lipinski definition) is 0. The van der Waals surface area contributed by atoms with Gasteiger partial charge in [-0.2, -0.15) is 4.89 Å². The molecule has 0 aromatic heterocycles. The molecule has 0 aliphatic rings. The Morgan fingerprint density at radius 3 is 2.62 bits per heavy atom. The summed E-state index contributed by atoms with van der Waals surface area (Å²) in [6.45, 7) is 4.37. The Morgan fingerprint density at radius 2 is 2.00 bits per heavy atom. The molecule has 0 fully saturated rings. The number of carbonyl (C=O) groups excluding carboxylic acids is 1. The fourth-order valence-electron chi connectivity index (χ4n) is 0.737. The summed E-state index contributed by atoms with van der Waals surface area (Å²) in [5.74, 6) is -0.300. The molecule has 0 amide bonds. The second-order valence-corrected chi connectivity index (χ2v) is 2.75. The number of carbonyl (C=O) groups is 1. The van der Waals surface area contributed by atoms with Crippen molar-refractivity contribution >= 4 is 5.97 Å². The molecule has 3 nitrogen and oxygen atoms in total. The summed E-state index contributed by atoms with van der Waals surface area (Å²) >= 11 is 0. The predicted octanol–water partition coefficient (Wildman–Crippen LogP) is 2.62. The molecule has 0 unspecified atom stereocenters. The number of allylic oxidation sites excluding steroid dienone is 1. The lowest BCUT2D eigenvalue weighted by Gasteiger charge is -1.98. The second kappa shape index (κ2) is 9.26. The standard InChI is InChI=1S/C10H18O3/c1-3-5-6-7-9-12-13-10(11)8-4-2/h6-7H,3-5,8-9H2,1-2H3/b7-6+. The smallest absolute Gasteiger partial charge is 0.298 e. The van der Waals surface area contributed by atoms with E-state index in [4.69, 9.17) is 0 Å². The van der Waals surface area contributed by atoms with Crippen LogP contribution in [0.1, 0.15) is 39.5 Å². The lowest BCUT2D eigenvalue weighted by atomic mass is 10.3. The Bertz CT molecular complexity index is 152. The van der Waals surface area contributed by atoms with Crippen LogP contribution >= 0.6 is 0 Å². The van der Waals surface area contributed by atoms with Gasteiger partial charge in [-0.3, -0.25) is 4.89 Å². The molecule has 0 aromatic rings. The first-order valence-corrected chi connectivity index (χ1v) is 4.78. The van der Waals surface area contributed by atoms with Gasteiger partial charge in [0, 0.05) is 6.42 Å². The average molecular weight is 186 g/mol. The van der Waals surface area contributed by atoms with Gasteiger partial charge in [-0.05, 0) is 12.8 Å². The predicted molar refractivity (Wildman–Crippen MR) is 51.0 cm³/mol. The molecule has 0 heterocycles. The van der Waals surface area contributed by atoms with Gasteiger partial charge in [0.25, 0.3) is 0 Å². The van der Waals surface area contributed by atoms with Gasteiger partial charge >= 0.3 is 5.97 Å². The summed E-state index contributed by atoms with van der Waals surface area (Å²) in [6, 6.07) is 0. The van der Waals surface area contributed by atoms with E-state index in [0.29, 0.717) is 13.0 Å². The van der Waals surface area contributed by atoms with Crippen molar-refractivity contribution in [2.75, 3.05) is 6.61 Å². The van der Waals surface area contributed by atoms with Crippen molar-refractivity contribution < 1.29 is 14.6 Å². The van der Waals surface area contributed by atoms with Crippen molar-refractivity contribution in [2.24, 2.45) is 0 Å². The monoisotopic (exact) mass is 186 g/mol. The highest BCUT2D eigenvalue weighted by atomic mass is 17.2. The first kappa shape index (κ1) is 12.2. The highest BCUT2D eigenvalue weighted by molar-refractivity contribution is 5.68. The molecule has 0 saturated heterocycles. The van der Waals surface area contributed by atoms with Gasteiger partial charge in [0.2, 0.25) is 0 Å². The van der Waals surface area contributed by atoms with Crippen LogP contribution in [0, 0.1) is 0 Å². The molecule has 0 atom stereocenters. The largest absolute Gasteiger partial charge is 0.342 e. The van der Waals surface area contributed by atoms with Crippen LogP contribution in [-0.2, 0) is 14.6 Å². The molecule has 0 saturated carbocycles.